The van der Waals surface area contributed by atoms with Gasteiger partial charge in [-0.05, 0) is 31.7 Å². The van der Waals surface area contributed by atoms with Crippen molar-refractivity contribution in [2.24, 2.45) is 0 Å². The lowest BCUT2D eigenvalue weighted by Gasteiger charge is -2.18. The summed E-state index contributed by atoms with van der Waals surface area (Å²) in [6.45, 7) is 3.67. The molecule has 106 valence electrons. The Bertz CT molecular complexity index is 382. The maximum Gasteiger partial charge on any atom is 0.307 e. The molecule has 0 aliphatic rings. The van der Waals surface area contributed by atoms with Crippen LogP contribution in [-0.2, 0) is 9.53 Å². The first-order chi connectivity index (χ1) is 9.17. The number of benzene rings is 1. The molecule has 0 saturated carbocycles. The summed E-state index contributed by atoms with van der Waals surface area (Å²) in [5.41, 5.74) is 1.20. The largest absolute Gasteiger partial charge is 0.466 e. The number of carbonyl (C=O) groups excluding carboxylic acids is 1. The molecule has 0 aliphatic heterocycles. The third-order valence-electron chi connectivity index (χ3n) is 2.71. The fourth-order valence-electron chi connectivity index (χ4n) is 1.79. The van der Waals surface area contributed by atoms with Crippen LogP contribution in [0.5, 0.6) is 0 Å². The minimum absolute atomic E-state index is 0.158. The first-order valence-electron chi connectivity index (χ1n) is 6.46. The van der Waals surface area contributed by atoms with E-state index >= 15 is 0 Å². The molecule has 0 aliphatic carbocycles. The predicted octanol–water partition coefficient (Wildman–Crippen LogP) is 2.25. The average molecular weight is 329 g/mol. The molecule has 1 aromatic carbocycles. The van der Waals surface area contributed by atoms with Gasteiger partial charge in [-0.3, -0.25) is 4.79 Å². The van der Waals surface area contributed by atoms with Gasteiger partial charge in [0.05, 0.1) is 13.0 Å². The van der Waals surface area contributed by atoms with Crippen LogP contribution in [0.15, 0.2) is 28.7 Å². The van der Waals surface area contributed by atoms with Gasteiger partial charge < -0.3 is 15.4 Å². The van der Waals surface area contributed by atoms with Crippen molar-refractivity contribution >= 4 is 21.9 Å². The fourth-order valence-corrected chi connectivity index (χ4v) is 2.05. The Morgan fingerprint density at radius 3 is 2.63 bits per heavy atom. The summed E-state index contributed by atoms with van der Waals surface area (Å²) in [7, 11) is 1.92. The standard InChI is InChI=1S/C14H21BrN2O2/c1-3-19-14(18)8-9-17-13(10-16-2)11-4-6-12(15)7-5-11/h4-7,13,16-17H,3,8-10H2,1-2H3. The third-order valence-corrected chi connectivity index (χ3v) is 3.23. The molecule has 0 spiro atoms. The monoisotopic (exact) mass is 328 g/mol. The Morgan fingerprint density at radius 2 is 2.05 bits per heavy atom. The van der Waals surface area contributed by atoms with Gasteiger partial charge in [0.1, 0.15) is 0 Å². The molecule has 2 N–H and O–H groups in total. The summed E-state index contributed by atoms with van der Waals surface area (Å²) in [5, 5.41) is 6.52. The van der Waals surface area contributed by atoms with E-state index in [9.17, 15) is 4.79 Å². The predicted molar refractivity (Wildman–Crippen MR) is 80.1 cm³/mol. The number of carbonyl (C=O) groups is 1. The number of nitrogens with one attached hydrogen (secondary N) is 2. The molecule has 4 nitrogen and oxygen atoms in total. The molecule has 5 heteroatoms. The van der Waals surface area contributed by atoms with Crippen LogP contribution in [-0.4, -0.2) is 32.7 Å². The number of hydrogen-bond acceptors (Lipinski definition) is 4. The van der Waals surface area contributed by atoms with Crippen molar-refractivity contribution in [3.8, 4) is 0 Å². The number of esters is 1. The van der Waals surface area contributed by atoms with Crippen molar-refractivity contribution < 1.29 is 9.53 Å². The number of halogens is 1. The topological polar surface area (TPSA) is 50.4 Å². The molecule has 0 heterocycles. The zero-order valence-electron chi connectivity index (χ0n) is 11.4. The van der Waals surface area contributed by atoms with Gasteiger partial charge in [-0.1, -0.05) is 28.1 Å². The second-order valence-corrected chi connectivity index (χ2v) is 5.09. The van der Waals surface area contributed by atoms with Gasteiger partial charge in [0.2, 0.25) is 0 Å². The molecule has 0 bridgehead atoms. The van der Waals surface area contributed by atoms with Crippen molar-refractivity contribution in [2.45, 2.75) is 19.4 Å². The number of likely N-dealkylation sites (N-methyl/N-ethyl adjacent to an activating group) is 1. The molecule has 0 amide bonds. The summed E-state index contributed by atoms with van der Waals surface area (Å²) >= 11 is 3.43. The van der Waals surface area contributed by atoms with Crippen LogP contribution in [0.4, 0.5) is 0 Å². The summed E-state index contributed by atoms with van der Waals surface area (Å²) < 4.78 is 5.97. The number of hydrogen-bond donors (Lipinski definition) is 2. The van der Waals surface area contributed by atoms with Gasteiger partial charge in [-0.25, -0.2) is 0 Å². The molecule has 0 fully saturated rings. The van der Waals surface area contributed by atoms with Gasteiger partial charge in [0.25, 0.3) is 0 Å². The molecular weight excluding hydrogens is 308 g/mol. The van der Waals surface area contributed by atoms with E-state index in [0.717, 1.165) is 11.0 Å². The van der Waals surface area contributed by atoms with Gasteiger partial charge in [-0.2, -0.15) is 0 Å². The molecule has 0 aromatic heterocycles. The molecular formula is C14H21BrN2O2. The molecule has 1 rings (SSSR count). The molecule has 1 unspecified atom stereocenters. The zero-order valence-corrected chi connectivity index (χ0v) is 13.0. The van der Waals surface area contributed by atoms with Gasteiger partial charge in [0.15, 0.2) is 0 Å². The molecule has 1 atom stereocenters. The van der Waals surface area contributed by atoms with Crippen LogP contribution in [0.25, 0.3) is 0 Å². The maximum atomic E-state index is 11.3. The van der Waals surface area contributed by atoms with Gasteiger partial charge in [0, 0.05) is 23.6 Å². The fraction of sp³-hybridized carbons (Fsp3) is 0.500. The lowest BCUT2D eigenvalue weighted by atomic mass is 10.1. The summed E-state index contributed by atoms with van der Waals surface area (Å²) in [5.74, 6) is -0.158. The first-order valence-corrected chi connectivity index (χ1v) is 7.25. The average Bonchev–Trinajstić information content (AvgIpc) is 2.39. The Kier molecular flexibility index (Phi) is 7.70. The lowest BCUT2D eigenvalue weighted by molar-refractivity contribution is -0.143. The minimum Gasteiger partial charge on any atom is -0.466 e. The highest BCUT2D eigenvalue weighted by molar-refractivity contribution is 9.10. The molecule has 19 heavy (non-hydrogen) atoms. The van der Waals surface area contributed by atoms with E-state index < -0.39 is 0 Å². The Morgan fingerprint density at radius 1 is 1.37 bits per heavy atom. The van der Waals surface area contributed by atoms with Crippen LogP contribution in [0.1, 0.15) is 24.9 Å². The van der Waals surface area contributed by atoms with E-state index in [1.54, 1.807) is 0 Å². The molecule has 0 saturated heterocycles. The Hall–Kier alpha value is -0.910. The Balaban J connectivity index is 2.48. The third kappa shape index (κ3) is 6.18. The van der Waals surface area contributed by atoms with Crippen molar-refractivity contribution in [3.63, 3.8) is 0 Å². The number of ether oxygens (including phenoxy) is 1. The highest BCUT2D eigenvalue weighted by Crippen LogP contribution is 2.16. The SMILES string of the molecule is CCOC(=O)CCNC(CNC)c1ccc(Br)cc1. The van der Waals surface area contributed by atoms with Gasteiger partial charge >= 0.3 is 5.97 Å². The Labute approximate surface area is 123 Å². The normalized spacial score (nSPS) is 12.2. The summed E-state index contributed by atoms with van der Waals surface area (Å²) in [6, 6.07) is 8.37. The second kappa shape index (κ2) is 9.07. The smallest absolute Gasteiger partial charge is 0.307 e. The first kappa shape index (κ1) is 16.1. The highest BCUT2D eigenvalue weighted by Gasteiger charge is 2.10. The van der Waals surface area contributed by atoms with E-state index in [1.165, 1.54) is 5.56 Å². The van der Waals surface area contributed by atoms with E-state index in [0.29, 0.717) is 19.6 Å². The van der Waals surface area contributed by atoms with Crippen molar-refractivity contribution in [3.05, 3.63) is 34.3 Å². The van der Waals surface area contributed by atoms with Crippen LogP contribution in [0.2, 0.25) is 0 Å². The summed E-state index contributed by atoms with van der Waals surface area (Å²) in [6.07, 6.45) is 0.393. The molecule has 1 aromatic rings. The molecule has 0 radical (unpaired) electrons. The van der Waals surface area contributed by atoms with Crippen LogP contribution >= 0.6 is 15.9 Å². The van der Waals surface area contributed by atoms with E-state index in [2.05, 4.69) is 38.7 Å². The van der Waals surface area contributed by atoms with E-state index in [1.807, 2.05) is 26.1 Å². The van der Waals surface area contributed by atoms with Crippen molar-refractivity contribution in [1.82, 2.24) is 10.6 Å². The number of rotatable bonds is 8. The van der Waals surface area contributed by atoms with E-state index in [-0.39, 0.29) is 12.0 Å². The maximum absolute atomic E-state index is 11.3. The van der Waals surface area contributed by atoms with Crippen molar-refractivity contribution in [1.29, 1.82) is 0 Å². The zero-order chi connectivity index (χ0) is 14.1. The quantitative estimate of drug-likeness (QED) is 0.719. The lowest BCUT2D eigenvalue weighted by Crippen LogP contribution is -2.31. The van der Waals surface area contributed by atoms with Crippen LogP contribution in [0.3, 0.4) is 0 Å². The van der Waals surface area contributed by atoms with Crippen LogP contribution < -0.4 is 10.6 Å². The van der Waals surface area contributed by atoms with Gasteiger partial charge in [-0.15, -0.1) is 0 Å². The highest BCUT2D eigenvalue weighted by atomic mass is 79.9. The summed E-state index contributed by atoms with van der Waals surface area (Å²) in [4.78, 5) is 11.3. The second-order valence-electron chi connectivity index (χ2n) is 4.17. The van der Waals surface area contributed by atoms with Crippen molar-refractivity contribution in [2.75, 3.05) is 26.7 Å². The van der Waals surface area contributed by atoms with Crippen LogP contribution in [0, 0.1) is 0 Å². The minimum atomic E-state index is -0.158. The van der Waals surface area contributed by atoms with E-state index in [4.69, 9.17) is 4.74 Å².